The number of Topliss-reactive ketones (excluding diaryl/α,β-unsaturated/α-hetero) is 1. The Morgan fingerprint density at radius 1 is 1.00 bits per heavy atom. The Balaban J connectivity index is 1.70. The van der Waals surface area contributed by atoms with Gasteiger partial charge in [0.05, 0.1) is 0 Å². The van der Waals surface area contributed by atoms with E-state index < -0.39 is 29.6 Å². The number of carbonyl (C=O) groups excluding carboxylic acids is 3. The van der Waals surface area contributed by atoms with E-state index >= 15 is 0 Å². The number of aryl methyl sites for hydroxylation is 1. The average Bonchev–Trinajstić information content (AvgIpc) is 3.42. The molecule has 0 amide bonds. The first kappa shape index (κ1) is 20.1. The Morgan fingerprint density at radius 3 is 2.37 bits per heavy atom. The fraction of sp³-hybridized carbons (Fsp3) is 0.348. The van der Waals surface area contributed by atoms with Crippen LogP contribution >= 0.6 is 0 Å². The first-order valence-corrected chi connectivity index (χ1v) is 9.94. The minimum atomic E-state index is -1.75. The van der Waals surface area contributed by atoms with Gasteiger partial charge < -0.3 is 13.9 Å². The van der Waals surface area contributed by atoms with E-state index in [-0.39, 0.29) is 5.76 Å². The molecular formula is C23H23NO6. The molecule has 4 rings (SSSR count). The summed E-state index contributed by atoms with van der Waals surface area (Å²) in [5.41, 5.74) is 0.188. The number of benzene rings is 1. The van der Waals surface area contributed by atoms with E-state index in [1.807, 2.05) is 36.1 Å². The molecule has 0 radical (unpaired) electrons. The van der Waals surface area contributed by atoms with Crippen molar-refractivity contribution in [2.45, 2.75) is 38.5 Å². The molecule has 2 aliphatic rings. The van der Waals surface area contributed by atoms with Crippen molar-refractivity contribution >= 4 is 17.7 Å². The molecule has 2 atom stereocenters. The van der Waals surface area contributed by atoms with Gasteiger partial charge in [-0.3, -0.25) is 9.69 Å². The van der Waals surface area contributed by atoms with Crippen LogP contribution in [0.4, 0.5) is 0 Å². The van der Waals surface area contributed by atoms with Gasteiger partial charge >= 0.3 is 11.9 Å². The third-order valence-electron chi connectivity index (χ3n) is 5.46. The quantitative estimate of drug-likeness (QED) is 0.566. The van der Waals surface area contributed by atoms with Crippen LogP contribution in [0, 0.1) is 6.92 Å². The maximum Gasteiger partial charge on any atom is 0.332 e. The number of cyclic esters (lactones) is 2. The van der Waals surface area contributed by atoms with Gasteiger partial charge in [0.2, 0.25) is 17.6 Å². The topological polar surface area (TPSA) is 86.0 Å². The largest absolute Gasteiger partial charge is 0.453 e. The molecule has 0 spiro atoms. The van der Waals surface area contributed by atoms with Crippen LogP contribution in [0.5, 0.6) is 0 Å². The predicted molar refractivity (Wildman–Crippen MR) is 108 cm³/mol. The molecule has 7 heteroatoms. The molecule has 1 saturated heterocycles. The van der Waals surface area contributed by atoms with Crippen molar-refractivity contribution in [1.29, 1.82) is 0 Å². The van der Waals surface area contributed by atoms with Gasteiger partial charge in [0.15, 0.2) is 5.76 Å². The van der Waals surface area contributed by atoms with Crippen molar-refractivity contribution in [3.63, 3.8) is 0 Å². The minimum absolute atomic E-state index is 0.0330. The standard InChI is InChI=1S/C23H23NO6/c1-15-5-7-16(8-6-15)17-9-10-18(28-17)21(27)23(2)22(24-13-3-4-14-24)29-19(25)11-12-20(26)30-23/h5-12,22H,3-4,13-14H2,1-2H3/b12-11-. The summed E-state index contributed by atoms with van der Waals surface area (Å²) in [5, 5.41) is 0. The number of nitrogens with zero attached hydrogens (tertiary/aromatic N) is 1. The Bertz CT molecular complexity index is 999. The second-order valence-corrected chi connectivity index (χ2v) is 7.75. The van der Waals surface area contributed by atoms with Crippen molar-refractivity contribution in [3.8, 4) is 11.3 Å². The highest BCUT2D eigenvalue weighted by molar-refractivity contribution is 6.04. The van der Waals surface area contributed by atoms with Gasteiger partial charge in [0.1, 0.15) is 5.76 Å². The zero-order chi connectivity index (χ0) is 21.3. The van der Waals surface area contributed by atoms with Crippen molar-refractivity contribution in [2.24, 2.45) is 0 Å². The fourth-order valence-electron chi connectivity index (χ4n) is 3.83. The number of hydrogen-bond donors (Lipinski definition) is 0. The van der Waals surface area contributed by atoms with E-state index in [2.05, 4.69) is 0 Å². The van der Waals surface area contributed by atoms with E-state index in [4.69, 9.17) is 13.9 Å². The number of ether oxygens (including phenoxy) is 2. The van der Waals surface area contributed by atoms with E-state index in [9.17, 15) is 14.4 Å². The minimum Gasteiger partial charge on any atom is -0.453 e. The Kier molecular flexibility index (Phi) is 5.30. The molecule has 2 aromatic rings. The smallest absolute Gasteiger partial charge is 0.332 e. The summed E-state index contributed by atoms with van der Waals surface area (Å²) in [6, 6.07) is 11.0. The summed E-state index contributed by atoms with van der Waals surface area (Å²) in [6.45, 7) is 4.72. The first-order chi connectivity index (χ1) is 14.4. The lowest BCUT2D eigenvalue weighted by Crippen LogP contribution is -2.59. The molecular weight excluding hydrogens is 386 g/mol. The Hall–Kier alpha value is -3.19. The molecule has 1 aromatic heterocycles. The zero-order valence-corrected chi connectivity index (χ0v) is 16.9. The molecule has 0 saturated carbocycles. The van der Waals surface area contributed by atoms with Crippen molar-refractivity contribution in [2.75, 3.05) is 13.1 Å². The number of rotatable bonds is 4. The second-order valence-electron chi connectivity index (χ2n) is 7.75. The summed E-state index contributed by atoms with van der Waals surface area (Å²) in [6.07, 6.45) is 2.74. The van der Waals surface area contributed by atoms with Crippen LogP contribution in [0.2, 0.25) is 0 Å². The molecule has 156 valence electrons. The van der Waals surface area contributed by atoms with Crippen molar-refractivity contribution in [3.05, 3.63) is 59.9 Å². The number of esters is 2. The van der Waals surface area contributed by atoms with Gasteiger partial charge in [-0.25, -0.2) is 9.59 Å². The molecule has 3 heterocycles. The Morgan fingerprint density at radius 2 is 1.67 bits per heavy atom. The third-order valence-corrected chi connectivity index (χ3v) is 5.46. The zero-order valence-electron chi connectivity index (χ0n) is 16.9. The number of ketones is 1. The van der Waals surface area contributed by atoms with Gasteiger partial charge in [-0.05, 0) is 38.8 Å². The van der Waals surface area contributed by atoms with Crippen LogP contribution < -0.4 is 0 Å². The van der Waals surface area contributed by atoms with Crippen molar-refractivity contribution in [1.82, 2.24) is 4.90 Å². The lowest BCUT2D eigenvalue weighted by Gasteiger charge is -2.39. The van der Waals surface area contributed by atoms with E-state index in [0.717, 1.165) is 36.1 Å². The monoisotopic (exact) mass is 409 g/mol. The SMILES string of the molecule is Cc1ccc(-c2ccc(C(=O)C3(C)OC(=O)/C=C\C(=O)OC3N3CCCC3)o2)cc1. The average molecular weight is 409 g/mol. The molecule has 0 aliphatic carbocycles. The molecule has 0 bridgehead atoms. The van der Waals surface area contributed by atoms with Crippen LogP contribution in [0.3, 0.4) is 0 Å². The highest BCUT2D eigenvalue weighted by Gasteiger charge is 2.52. The number of furan rings is 1. The molecule has 0 N–H and O–H groups in total. The number of hydrogen-bond acceptors (Lipinski definition) is 7. The van der Waals surface area contributed by atoms with Crippen LogP contribution in [0.1, 0.15) is 35.9 Å². The van der Waals surface area contributed by atoms with Crippen LogP contribution in [0.15, 0.2) is 53.0 Å². The van der Waals surface area contributed by atoms with Gasteiger partial charge in [-0.1, -0.05) is 29.8 Å². The molecule has 2 aliphatic heterocycles. The number of likely N-dealkylation sites (tertiary alicyclic amines) is 1. The van der Waals surface area contributed by atoms with Gasteiger partial charge in [-0.2, -0.15) is 0 Å². The summed E-state index contributed by atoms with van der Waals surface area (Å²) in [5.74, 6) is -1.48. The van der Waals surface area contributed by atoms with Crippen LogP contribution in [0.25, 0.3) is 11.3 Å². The van der Waals surface area contributed by atoms with Crippen LogP contribution in [-0.4, -0.2) is 47.5 Å². The second kappa shape index (κ2) is 7.91. The lowest BCUT2D eigenvalue weighted by molar-refractivity contribution is -0.190. The van der Waals surface area contributed by atoms with E-state index in [1.165, 1.54) is 6.92 Å². The summed E-state index contributed by atoms with van der Waals surface area (Å²) < 4.78 is 16.9. The highest BCUT2D eigenvalue weighted by atomic mass is 16.6. The highest BCUT2D eigenvalue weighted by Crippen LogP contribution is 2.32. The lowest BCUT2D eigenvalue weighted by atomic mass is 9.95. The van der Waals surface area contributed by atoms with Crippen LogP contribution in [-0.2, 0) is 19.1 Å². The molecule has 2 unspecified atom stereocenters. The normalized spacial score (nSPS) is 25.9. The summed E-state index contributed by atoms with van der Waals surface area (Å²) in [4.78, 5) is 39.7. The molecule has 7 nitrogen and oxygen atoms in total. The predicted octanol–water partition coefficient (Wildman–Crippen LogP) is 3.27. The molecule has 1 fully saturated rings. The third kappa shape index (κ3) is 3.80. The maximum atomic E-state index is 13.5. The maximum absolute atomic E-state index is 13.5. The van der Waals surface area contributed by atoms with Gasteiger partial charge in [0, 0.05) is 30.8 Å². The molecule has 30 heavy (non-hydrogen) atoms. The first-order valence-electron chi connectivity index (χ1n) is 9.94. The van der Waals surface area contributed by atoms with E-state index in [1.54, 1.807) is 12.1 Å². The van der Waals surface area contributed by atoms with Gasteiger partial charge in [-0.15, -0.1) is 0 Å². The fourth-order valence-corrected chi connectivity index (χ4v) is 3.83. The summed E-state index contributed by atoms with van der Waals surface area (Å²) >= 11 is 0. The molecule has 1 aromatic carbocycles. The van der Waals surface area contributed by atoms with Gasteiger partial charge in [0.25, 0.3) is 0 Å². The number of carbonyl (C=O) groups is 3. The Labute approximate surface area is 174 Å². The van der Waals surface area contributed by atoms with E-state index in [0.29, 0.717) is 18.8 Å². The summed E-state index contributed by atoms with van der Waals surface area (Å²) in [7, 11) is 0. The van der Waals surface area contributed by atoms with Crippen molar-refractivity contribution < 1.29 is 28.3 Å².